The van der Waals surface area contributed by atoms with Gasteiger partial charge in [0.15, 0.2) is 9.84 Å². The molecule has 4 rings (SSSR count). The first-order valence-corrected chi connectivity index (χ1v) is 14.0. The highest BCUT2D eigenvalue weighted by Crippen LogP contribution is 2.38. The van der Waals surface area contributed by atoms with Gasteiger partial charge < -0.3 is 14.9 Å². The van der Waals surface area contributed by atoms with Gasteiger partial charge in [0.25, 0.3) is 0 Å². The lowest BCUT2D eigenvalue weighted by Crippen LogP contribution is -2.47. The Kier molecular flexibility index (Phi) is 6.68. The Hall–Kier alpha value is -2.20. The van der Waals surface area contributed by atoms with Crippen LogP contribution in [0, 0.1) is 11.7 Å². The van der Waals surface area contributed by atoms with E-state index in [0.717, 1.165) is 42.3 Å². The lowest BCUT2D eigenvalue weighted by Gasteiger charge is -2.39. The van der Waals surface area contributed by atoms with Gasteiger partial charge in [-0.2, -0.15) is 0 Å². The topological polar surface area (TPSA) is 90.8 Å². The molecule has 3 unspecified atom stereocenters. The number of rotatable bonds is 5. The second-order valence-corrected chi connectivity index (χ2v) is 12.3. The van der Waals surface area contributed by atoms with Gasteiger partial charge in [-0.15, -0.1) is 11.3 Å². The van der Waals surface area contributed by atoms with Crippen molar-refractivity contribution in [2.75, 3.05) is 30.8 Å². The molecule has 3 heterocycles. The molecule has 2 aliphatic rings. The van der Waals surface area contributed by atoms with Crippen LogP contribution in [0.3, 0.4) is 0 Å². The summed E-state index contributed by atoms with van der Waals surface area (Å²) < 4.78 is 38.0. The average molecular weight is 496 g/mol. The lowest BCUT2D eigenvalue weighted by molar-refractivity contribution is 0.0827. The Morgan fingerprint density at radius 1 is 1.24 bits per heavy atom. The molecule has 1 aromatic carbocycles. The Labute approximate surface area is 198 Å². The quantitative estimate of drug-likeness (QED) is 0.654. The van der Waals surface area contributed by atoms with Gasteiger partial charge in [-0.1, -0.05) is 13.8 Å². The van der Waals surface area contributed by atoms with Crippen LogP contribution in [0.2, 0.25) is 0 Å². The number of carbonyl (C=O) groups is 1. The fourth-order valence-corrected chi connectivity index (χ4v) is 6.65. The molecule has 2 fully saturated rings. The van der Waals surface area contributed by atoms with Crippen molar-refractivity contribution in [2.24, 2.45) is 5.92 Å². The van der Waals surface area contributed by atoms with Crippen molar-refractivity contribution < 1.29 is 22.7 Å². The smallest absolute Gasteiger partial charge is 0.407 e. The Morgan fingerprint density at radius 2 is 1.97 bits per heavy atom. The lowest BCUT2D eigenvalue weighted by atomic mass is 9.86. The third-order valence-electron chi connectivity index (χ3n) is 6.84. The van der Waals surface area contributed by atoms with E-state index in [9.17, 15) is 22.7 Å². The zero-order chi connectivity index (χ0) is 23.9. The molecule has 2 aromatic rings. The van der Waals surface area contributed by atoms with Crippen LogP contribution >= 0.6 is 11.3 Å². The third kappa shape index (κ3) is 5.01. The van der Waals surface area contributed by atoms with Crippen LogP contribution in [0.5, 0.6) is 0 Å². The van der Waals surface area contributed by atoms with E-state index in [2.05, 4.69) is 19.2 Å². The number of carboxylic acid groups (broad SMARTS) is 1. The minimum absolute atomic E-state index is 0.00606. The summed E-state index contributed by atoms with van der Waals surface area (Å²) in [6.07, 6.45) is 2.63. The van der Waals surface area contributed by atoms with Gasteiger partial charge in [-0.05, 0) is 43.4 Å². The number of anilines is 1. The highest BCUT2D eigenvalue weighted by Gasteiger charge is 2.36. The summed E-state index contributed by atoms with van der Waals surface area (Å²) in [6.45, 7) is 5.96. The van der Waals surface area contributed by atoms with Crippen molar-refractivity contribution in [2.45, 2.75) is 55.9 Å². The fraction of sp³-hybridized carbons (Fsp3) is 0.565. The zero-order valence-corrected chi connectivity index (χ0v) is 20.7. The Balaban J connectivity index is 1.44. The standard InChI is InChI=1S/C23H30FN3O4S2/c1-14(2)21-10-15(7-9-27(21)23(28)29)22-25-19(13-32-22)16-6-8-26(12-16)20-5-4-17(11-18(20)24)33(3,30)31/h4-5,11,13-16,21H,6-10,12H2,1-3H3,(H,28,29). The summed E-state index contributed by atoms with van der Waals surface area (Å²) in [4.78, 5) is 20.0. The number of piperidine rings is 1. The number of aromatic nitrogens is 1. The normalized spacial score (nSPS) is 24.0. The second kappa shape index (κ2) is 9.21. The molecule has 0 aliphatic carbocycles. The van der Waals surface area contributed by atoms with E-state index < -0.39 is 21.7 Å². The molecule has 1 N–H and O–H groups in total. The molecule has 1 amide bonds. The SMILES string of the molecule is CC(C)C1CC(c2nc(C3CCN(c4ccc(S(C)(=O)=O)cc4F)C3)cs2)CCN1C(=O)O. The van der Waals surface area contributed by atoms with Gasteiger partial charge in [0.1, 0.15) is 5.82 Å². The Bertz CT molecular complexity index is 1130. The van der Waals surface area contributed by atoms with Crippen molar-refractivity contribution >= 4 is 33.0 Å². The summed E-state index contributed by atoms with van der Waals surface area (Å²) in [7, 11) is -3.45. The summed E-state index contributed by atoms with van der Waals surface area (Å²) >= 11 is 1.63. The van der Waals surface area contributed by atoms with E-state index >= 15 is 0 Å². The first kappa shape index (κ1) is 23.9. The van der Waals surface area contributed by atoms with Gasteiger partial charge in [0, 0.05) is 49.1 Å². The minimum atomic E-state index is -3.45. The maximum absolute atomic E-state index is 14.6. The molecular weight excluding hydrogens is 465 g/mol. The maximum Gasteiger partial charge on any atom is 0.407 e. The molecule has 0 bridgehead atoms. The predicted octanol–water partition coefficient (Wildman–Crippen LogP) is 4.56. The molecule has 0 spiro atoms. The average Bonchev–Trinajstić information content (AvgIpc) is 3.42. The molecule has 2 saturated heterocycles. The fourth-order valence-electron chi connectivity index (χ4n) is 4.96. The zero-order valence-electron chi connectivity index (χ0n) is 19.1. The van der Waals surface area contributed by atoms with E-state index in [1.165, 1.54) is 6.07 Å². The number of hydrogen-bond acceptors (Lipinski definition) is 6. The van der Waals surface area contributed by atoms with Crippen molar-refractivity contribution in [3.8, 4) is 0 Å². The van der Waals surface area contributed by atoms with Crippen LogP contribution in [-0.4, -0.2) is 61.4 Å². The molecule has 180 valence electrons. The number of nitrogens with zero attached hydrogens (tertiary/aromatic N) is 3. The molecule has 0 radical (unpaired) electrons. The second-order valence-electron chi connectivity index (χ2n) is 9.44. The van der Waals surface area contributed by atoms with E-state index in [4.69, 9.17) is 4.98 Å². The van der Waals surface area contributed by atoms with Gasteiger partial charge in [-0.3, -0.25) is 0 Å². The van der Waals surface area contributed by atoms with Crippen molar-refractivity contribution in [1.29, 1.82) is 0 Å². The molecule has 33 heavy (non-hydrogen) atoms. The molecule has 7 nitrogen and oxygen atoms in total. The maximum atomic E-state index is 14.6. The summed E-state index contributed by atoms with van der Waals surface area (Å²) in [6, 6.07) is 4.08. The number of likely N-dealkylation sites (tertiary alicyclic amines) is 1. The van der Waals surface area contributed by atoms with E-state index in [-0.39, 0.29) is 28.7 Å². The molecule has 1 aromatic heterocycles. The summed E-state index contributed by atoms with van der Waals surface area (Å²) in [5, 5.41) is 12.6. The highest BCUT2D eigenvalue weighted by molar-refractivity contribution is 7.90. The molecular formula is C23H30FN3O4S2. The third-order valence-corrected chi connectivity index (χ3v) is 8.98. The number of halogens is 1. The van der Waals surface area contributed by atoms with Gasteiger partial charge in [0.2, 0.25) is 0 Å². The van der Waals surface area contributed by atoms with Gasteiger partial charge >= 0.3 is 6.09 Å². The molecule has 2 aliphatic heterocycles. The Morgan fingerprint density at radius 3 is 2.61 bits per heavy atom. The first-order valence-electron chi connectivity index (χ1n) is 11.2. The van der Waals surface area contributed by atoms with Crippen LogP contribution in [0.25, 0.3) is 0 Å². The minimum Gasteiger partial charge on any atom is -0.465 e. The van der Waals surface area contributed by atoms with Crippen molar-refractivity contribution in [3.05, 3.63) is 40.1 Å². The number of hydrogen-bond donors (Lipinski definition) is 1. The van der Waals surface area contributed by atoms with Crippen LogP contribution in [0.1, 0.15) is 55.6 Å². The number of thiazole rings is 1. The van der Waals surface area contributed by atoms with Crippen LogP contribution in [-0.2, 0) is 9.84 Å². The van der Waals surface area contributed by atoms with Gasteiger partial charge in [0.05, 0.1) is 21.3 Å². The molecule has 10 heteroatoms. The van der Waals surface area contributed by atoms with Crippen LogP contribution in [0.4, 0.5) is 14.9 Å². The van der Waals surface area contributed by atoms with E-state index in [0.29, 0.717) is 25.3 Å². The van der Waals surface area contributed by atoms with E-state index in [1.807, 2.05) is 4.90 Å². The molecule has 0 saturated carbocycles. The number of sulfone groups is 1. The monoisotopic (exact) mass is 495 g/mol. The van der Waals surface area contributed by atoms with Crippen LogP contribution in [0.15, 0.2) is 28.5 Å². The largest absolute Gasteiger partial charge is 0.465 e. The molecule has 3 atom stereocenters. The van der Waals surface area contributed by atoms with Gasteiger partial charge in [-0.25, -0.2) is 22.6 Å². The number of benzene rings is 1. The predicted molar refractivity (Wildman–Crippen MR) is 127 cm³/mol. The van der Waals surface area contributed by atoms with Crippen LogP contribution < -0.4 is 4.90 Å². The summed E-state index contributed by atoms with van der Waals surface area (Å²) in [5.74, 6) is 0.160. The van der Waals surface area contributed by atoms with Crippen molar-refractivity contribution in [3.63, 3.8) is 0 Å². The number of amides is 1. The summed E-state index contributed by atoms with van der Waals surface area (Å²) in [5.41, 5.74) is 1.42. The first-order chi connectivity index (χ1) is 15.5. The van der Waals surface area contributed by atoms with E-state index in [1.54, 1.807) is 22.3 Å². The highest BCUT2D eigenvalue weighted by atomic mass is 32.2. The van der Waals surface area contributed by atoms with Crippen molar-refractivity contribution in [1.82, 2.24) is 9.88 Å².